The fraction of sp³-hybridized carbons (Fsp3) is 0. The van der Waals surface area contributed by atoms with Crippen molar-refractivity contribution in [1.82, 2.24) is 4.98 Å². The van der Waals surface area contributed by atoms with Gasteiger partial charge in [0.2, 0.25) is 0 Å². The van der Waals surface area contributed by atoms with Crippen molar-refractivity contribution in [3.05, 3.63) is 64.4 Å². The van der Waals surface area contributed by atoms with Crippen molar-refractivity contribution in [3.8, 4) is 0 Å². The molecule has 1 aromatic carbocycles. The smallest absolute Gasteiger partial charge is 0.193 e. The summed E-state index contributed by atoms with van der Waals surface area (Å²) in [4.78, 5) is 15.8. The van der Waals surface area contributed by atoms with E-state index >= 15 is 0 Å². The molecule has 2 rings (SSSR count). The van der Waals surface area contributed by atoms with Crippen LogP contribution >= 0.6 is 15.9 Å². The van der Waals surface area contributed by atoms with Crippen molar-refractivity contribution in [1.29, 1.82) is 0 Å². The van der Waals surface area contributed by atoms with Gasteiger partial charge in [-0.2, -0.15) is 0 Å². The van der Waals surface area contributed by atoms with Crippen molar-refractivity contribution in [2.45, 2.75) is 0 Å². The number of benzene rings is 1. The number of hydrogen-bond acceptors (Lipinski definition) is 2. The highest BCUT2D eigenvalue weighted by atomic mass is 79.9. The molecule has 1 aromatic heterocycles. The molecule has 0 aliphatic rings. The maximum atomic E-state index is 11.9. The average Bonchev–Trinajstić information content (AvgIpc) is 2.29. The Balaban J connectivity index is 2.37. The number of hydrogen-bond donors (Lipinski definition) is 0. The molecule has 0 saturated heterocycles. The first-order chi connectivity index (χ1) is 7.27. The van der Waals surface area contributed by atoms with Gasteiger partial charge in [0.1, 0.15) is 0 Å². The number of aromatic nitrogens is 1. The predicted octanol–water partition coefficient (Wildman–Crippen LogP) is 3.08. The van der Waals surface area contributed by atoms with Crippen LogP contribution in [0.15, 0.2) is 53.3 Å². The number of ketones is 1. The Morgan fingerprint density at radius 3 is 2.47 bits per heavy atom. The van der Waals surface area contributed by atoms with Gasteiger partial charge in [0, 0.05) is 28.0 Å². The quantitative estimate of drug-likeness (QED) is 0.778. The molecule has 0 amide bonds. The van der Waals surface area contributed by atoms with Crippen molar-refractivity contribution >= 4 is 21.7 Å². The second-order valence-electron chi connectivity index (χ2n) is 3.08. The molecule has 0 bridgehead atoms. The summed E-state index contributed by atoms with van der Waals surface area (Å²) in [5.41, 5.74) is 1.33. The van der Waals surface area contributed by atoms with Crippen molar-refractivity contribution < 1.29 is 4.79 Å². The number of nitrogens with zero attached hydrogens (tertiary/aromatic N) is 1. The van der Waals surface area contributed by atoms with E-state index in [1.807, 2.05) is 18.2 Å². The van der Waals surface area contributed by atoms with Gasteiger partial charge in [0.25, 0.3) is 0 Å². The monoisotopic (exact) mass is 261 g/mol. The second kappa shape index (κ2) is 4.36. The molecule has 0 radical (unpaired) electrons. The van der Waals surface area contributed by atoms with Gasteiger partial charge in [-0.25, -0.2) is 0 Å². The lowest BCUT2D eigenvalue weighted by Crippen LogP contribution is -2.00. The molecular weight excluding hydrogens is 254 g/mol. The Kier molecular flexibility index (Phi) is 2.92. The number of rotatable bonds is 2. The Morgan fingerprint density at radius 2 is 1.80 bits per heavy atom. The summed E-state index contributed by atoms with van der Waals surface area (Å²) in [6.45, 7) is 0. The molecule has 2 aromatic rings. The summed E-state index contributed by atoms with van der Waals surface area (Å²) >= 11 is 3.34. The third kappa shape index (κ3) is 2.30. The second-order valence-corrected chi connectivity index (χ2v) is 3.99. The molecule has 0 N–H and O–H groups in total. The molecule has 0 aliphatic heterocycles. The van der Waals surface area contributed by atoms with Crippen molar-refractivity contribution in [3.63, 3.8) is 0 Å². The van der Waals surface area contributed by atoms with Gasteiger partial charge in [-0.1, -0.05) is 28.1 Å². The van der Waals surface area contributed by atoms with E-state index in [9.17, 15) is 4.79 Å². The largest absolute Gasteiger partial charge is 0.289 e. The first-order valence-electron chi connectivity index (χ1n) is 4.47. The zero-order valence-electron chi connectivity index (χ0n) is 7.85. The van der Waals surface area contributed by atoms with Crippen LogP contribution in [0.5, 0.6) is 0 Å². The Labute approximate surface area is 96.1 Å². The molecule has 0 aliphatic carbocycles. The van der Waals surface area contributed by atoms with Gasteiger partial charge < -0.3 is 0 Å². The van der Waals surface area contributed by atoms with Crippen LogP contribution < -0.4 is 0 Å². The van der Waals surface area contributed by atoms with Gasteiger partial charge in [0.05, 0.1) is 0 Å². The van der Waals surface area contributed by atoms with Crippen LogP contribution in [0.4, 0.5) is 0 Å². The van der Waals surface area contributed by atoms with Gasteiger partial charge in [-0.3, -0.25) is 9.78 Å². The Bertz CT molecular complexity index is 482. The summed E-state index contributed by atoms with van der Waals surface area (Å²) in [6, 6.07) is 10.8. The predicted molar refractivity (Wildman–Crippen MR) is 61.8 cm³/mol. The molecule has 0 unspecified atom stereocenters. The summed E-state index contributed by atoms with van der Waals surface area (Å²) < 4.78 is 0.905. The molecule has 0 saturated carbocycles. The maximum Gasteiger partial charge on any atom is 0.193 e. The third-order valence-corrected chi connectivity index (χ3v) is 2.52. The lowest BCUT2D eigenvalue weighted by Gasteiger charge is -2.00. The lowest BCUT2D eigenvalue weighted by atomic mass is 10.1. The van der Waals surface area contributed by atoms with Crippen molar-refractivity contribution in [2.75, 3.05) is 0 Å². The Morgan fingerprint density at radius 1 is 1.07 bits per heavy atom. The minimum absolute atomic E-state index is 0.0127. The summed E-state index contributed by atoms with van der Waals surface area (Å²) in [6.07, 6.45) is 3.23. The van der Waals surface area contributed by atoms with Gasteiger partial charge in [-0.15, -0.1) is 0 Å². The summed E-state index contributed by atoms with van der Waals surface area (Å²) in [5.74, 6) is 0.0127. The fourth-order valence-corrected chi connectivity index (χ4v) is 1.70. The molecule has 74 valence electrons. The lowest BCUT2D eigenvalue weighted by molar-refractivity contribution is 0.103. The van der Waals surface area contributed by atoms with Crippen molar-refractivity contribution in [2.24, 2.45) is 0 Å². The van der Waals surface area contributed by atoms with Gasteiger partial charge in [-0.05, 0) is 24.3 Å². The number of halogens is 1. The van der Waals surface area contributed by atoms with E-state index in [0.717, 1.165) is 4.47 Å². The highest BCUT2D eigenvalue weighted by Crippen LogP contribution is 2.14. The molecular formula is C12H8BrNO. The first kappa shape index (κ1) is 10.1. The molecule has 1 heterocycles. The maximum absolute atomic E-state index is 11.9. The first-order valence-corrected chi connectivity index (χ1v) is 5.27. The highest BCUT2D eigenvalue weighted by Gasteiger charge is 2.07. The fourth-order valence-electron chi connectivity index (χ4n) is 1.30. The highest BCUT2D eigenvalue weighted by molar-refractivity contribution is 9.10. The summed E-state index contributed by atoms with van der Waals surface area (Å²) in [7, 11) is 0. The standard InChI is InChI=1S/C12H8BrNO/c13-11-3-1-2-10(8-11)12(15)9-4-6-14-7-5-9/h1-8H. The van der Waals surface area contributed by atoms with Gasteiger partial charge >= 0.3 is 0 Å². The SMILES string of the molecule is O=C(c1ccncc1)c1cccc(Br)c1. The molecule has 0 spiro atoms. The third-order valence-electron chi connectivity index (χ3n) is 2.03. The van der Waals surface area contributed by atoms with E-state index in [2.05, 4.69) is 20.9 Å². The van der Waals surface area contributed by atoms with E-state index in [1.54, 1.807) is 30.6 Å². The van der Waals surface area contributed by atoms with E-state index in [-0.39, 0.29) is 5.78 Å². The van der Waals surface area contributed by atoms with E-state index < -0.39 is 0 Å². The van der Waals surface area contributed by atoms with Crippen LogP contribution in [-0.2, 0) is 0 Å². The topological polar surface area (TPSA) is 30.0 Å². The van der Waals surface area contributed by atoms with Crippen LogP contribution in [0.2, 0.25) is 0 Å². The molecule has 0 atom stereocenters. The minimum atomic E-state index is 0.0127. The number of carbonyl (C=O) groups is 1. The zero-order valence-corrected chi connectivity index (χ0v) is 9.44. The van der Waals surface area contributed by atoms with E-state index in [1.165, 1.54) is 0 Å². The Hall–Kier alpha value is -1.48. The number of pyridine rings is 1. The van der Waals surface area contributed by atoms with Crippen LogP contribution in [0.25, 0.3) is 0 Å². The molecule has 0 fully saturated rings. The van der Waals surface area contributed by atoms with Crippen LogP contribution in [-0.4, -0.2) is 10.8 Å². The molecule has 15 heavy (non-hydrogen) atoms. The average molecular weight is 262 g/mol. The minimum Gasteiger partial charge on any atom is -0.289 e. The van der Waals surface area contributed by atoms with Gasteiger partial charge in [0.15, 0.2) is 5.78 Å². The van der Waals surface area contributed by atoms with Crippen LogP contribution in [0, 0.1) is 0 Å². The van der Waals surface area contributed by atoms with E-state index in [4.69, 9.17) is 0 Å². The summed E-state index contributed by atoms with van der Waals surface area (Å²) in [5, 5.41) is 0. The molecule has 2 nitrogen and oxygen atoms in total. The molecule has 3 heteroatoms. The van der Waals surface area contributed by atoms with Crippen LogP contribution in [0.1, 0.15) is 15.9 Å². The zero-order chi connectivity index (χ0) is 10.7. The van der Waals surface area contributed by atoms with Crippen LogP contribution in [0.3, 0.4) is 0 Å². The van der Waals surface area contributed by atoms with E-state index in [0.29, 0.717) is 11.1 Å². The number of carbonyl (C=O) groups excluding carboxylic acids is 1. The normalized spacial score (nSPS) is 9.93.